The molecule has 7 heteroatoms. The van der Waals surface area contributed by atoms with Crippen LogP contribution in [-0.2, 0) is 11.8 Å². The van der Waals surface area contributed by atoms with Gasteiger partial charge in [-0.15, -0.1) is 11.3 Å². The van der Waals surface area contributed by atoms with Crippen molar-refractivity contribution in [3.63, 3.8) is 0 Å². The lowest BCUT2D eigenvalue weighted by Gasteiger charge is -2.33. The summed E-state index contributed by atoms with van der Waals surface area (Å²) in [5, 5.41) is 8.38. The Labute approximate surface area is 156 Å². The number of aromatic nitrogens is 3. The van der Waals surface area contributed by atoms with Crippen molar-refractivity contribution in [2.75, 3.05) is 18.4 Å². The molecule has 1 amide bonds. The fourth-order valence-corrected chi connectivity index (χ4v) is 4.72. The number of amides is 1. The Morgan fingerprint density at radius 1 is 1.35 bits per heavy atom. The molecule has 0 saturated carbocycles. The molecule has 0 radical (unpaired) electrons. The van der Waals surface area contributed by atoms with Gasteiger partial charge in [-0.3, -0.25) is 14.4 Å². The smallest absolute Gasteiger partial charge is 0.239 e. The number of nitrogens with zero attached hydrogens (tertiary/aromatic N) is 4. The van der Waals surface area contributed by atoms with E-state index in [9.17, 15) is 4.79 Å². The van der Waals surface area contributed by atoms with Gasteiger partial charge in [0.15, 0.2) is 0 Å². The molecule has 6 nitrogen and oxygen atoms in total. The standard InChI is InChI=1S/C19H23N5OS/c1-13-11-17(23(2)22-13)21-18(25)12-24-10-6-5-8-15(24)19-20-14-7-3-4-9-16(14)26-19/h3-4,7,9,11,15H,5-6,8,10,12H2,1-2H3,(H,21,25). The number of piperidine rings is 1. The fraction of sp³-hybridized carbons (Fsp3) is 0.421. The minimum Gasteiger partial charge on any atom is -0.310 e. The second-order valence-corrected chi connectivity index (χ2v) is 7.91. The molecule has 1 fully saturated rings. The van der Waals surface area contributed by atoms with Crippen LogP contribution in [0.15, 0.2) is 30.3 Å². The predicted molar refractivity (Wildman–Crippen MR) is 104 cm³/mol. The lowest BCUT2D eigenvalue weighted by atomic mass is 10.0. The van der Waals surface area contributed by atoms with E-state index >= 15 is 0 Å². The second kappa shape index (κ2) is 7.17. The maximum Gasteiger partial charge on any atom is 0.239 e. The highest BCUT2D eigenvalue weighted by molar-refractivity contribution is 7.18. The lowest BCUT2D eigenvalue weighted by molar-refractivity contribution is -0.118. The van der Waals surface area contributed by atoms with Crippen LogP contribution in [-0.4, -0.2) is 38.7 Å². The van der Waals surface area contributed by atoms with Gasteiger partial charge in [0.05, 0.1) is 28.5 Å². The van der Waals surface area contributed by atoms with E-state index in [4.69, 9.17) is 4.98 Å². The summed E-state index contributed by atoms with van der Waals surface area (Å²) < 4.78 is 2.91. The zero-order valence-corrected chi connectivity index (χ0v) is 15.9. The van der Waals surface area contributed by atoms with Crippen LogP contribution >= 0.6 is 11.3 Å². The number of fused-ring (bicyclic) bond motifs is 1. The van der Waals surface area contributed by atoms with Crippen molar-refractivity contribution in [1.82, 2.24) is 19.7 Å². The SMILES string of the molecule is Cc1cc(NC(=O)CN2CCCCC2c2nc3ccccc3s2)n(C)n1. The van der Waals surface area contributed by atoms with Gasteiger partial charge >= 0.3 is 0 Å². The zero-order chi connectivity index (χ0) is 18.1. The van der Waals surface area contributed by atoms with E-state index in [1.807, 2.05) is 32.2 Å². The predicted octanol–water partition coefficient (Wildman–Crippen LogP) is 3.50. The van der Waals surface area contributed by atoms with Crippen molar-refractivity contribution in [1.29, 1.82) is 0 Å². The number of nitrogens with one attached hydrogen (secondary N) is 1. The molecule has 4 rings (SSSR count). The Bertz CT molecular complexity index is 898. The largest absolute Gasteiger partial charge is 0.310 e. The van der Waals surface area contributed by atoms with Gasteiger partial charge in [-0.2, -0.15) is 5.10 Å². The monoisotopic (exact) mass is 369 g/mol. The van der Waals surface area contributed by atoms with Gasteiger partial charge in [-0.1, -0.05) is 18.6 Å². The average Bonchev–Trinajstić information content (AvgIpc) is 3.18. The molecule has 0 bridgehead atoms. The highest BCUT2D eigenvalue weighted by Gasteiger charge is 2.28. The highest BCUT2D eigenvalue weighted by atomic mass is 32.1. The first-order valence-electron chi connectivity index (χ1n) is 9.00. The Kier molecular flexibility index (Phi) is 4.74. The summed E-state index contributed by atoms with van der Waals surface area (Å²) in [5.74, 6) is 0.738. The Morgan fingerprint density at radius 3 is 2.96 bits per heavy atom. The molecule has 3 heterocycles. The molecule has 26 heavy (non-hydrogen) atoms. The van der Waals surface area contributed by atoms with Crippen molar-refractivity contribution >= 4 is 33.3 Å². The van der Waals surface area contributed by atoms with Gasteiger partial charge in [0, 0.05) is 13.1 Å². The number of carbonyl (C=O) groups is 1. The molecule has 2 aromatic heterocycles. The third kappa shape index (κ3) is 3.50. The van der Waals surface area contributed by atoms with Gasteiger partial charge in [0.25, 0.3) is 0 Å². The third-order valence-corrected chi connectivity index (χ3v) is 5.96. The Hall–Kier alpha value is -2.25. The van der Waals surface area contributed by atoms with Crippen LogP contribution < -0.4 is 5.32 Å². The van der Waals surface area contributed by atoms with Gasteiger partial charge in [-0.25, -0.2) is 4.98 Å². The molecule has 1 aliphatic heterocycles. The van der Waals surface area contributed by atoms with Crippen molar-refractivity contribution in [3.05, 3.63) is 41.0 Å². The van der Waals surface area contributed by atoms with Crippen molar-refractivity contribution in [2.24, 2.45) is 7.05 Å². The number of anilines is 1. The molecular weight excluding hydrogens is 346 g/mol. The first-order valence-corrected chi connectivity index (χ1v) is 9.82. The lowest BCUT2D eigenvalue weighted by Crippen LogP contribution is -2.39. The van der Waals surface area contributed by atoms with E-state index in [1.165, 1.54) is 11.1 Å². The number of benzene rings is 1. The van der Waals surface area contributed by atoms with Gasteiger partial charge in [-0.05, 0) is 38.4 Å². The Balaban J connectivity index is 1.50. The molecule has 1 saturated heterocycles. The number of hydrogen-bond donors (Lipinski definition) is 1. The van der Waals surface area contributed by atoms with Gasteiger partial charge in [0.2, 0.25) is 5.91 Å². The van der Waals surface area contributed by atoms with E-state index in [-0.39, 0.29) is 11.9 Å². The number of hydrogen-bond acceptors (Lipinski definition) is 5. The second-order valence-electron chi connectivity index (χ2n) is 6.84. The summed E-state index contributed by atoms with van der Waals surface area (Å²) in [6, 6.07) is 10.3. The maximum absolute atomic E-state index is 12.6. The number of carbonyl (C=O) groups excluding carboxylic acids is 1. The Morgan fingerprint density at radius 2 is 2.19 bits per heavy atom. The quantitative estimate of drug-likeness (QED) is 0.764. The number of thiazole rings is 1. The summed E-state index contributed by atoms with van der Waals surface area (Å²) >= 11 is 1.75. The molecular formula is C19H23N5OS. The van der Waals surface area contributed by atoms with Crippen molar-refractivity contribution in [2.45, 2.75) is 32.2 Å². The molecule has 136 valence electrons. The third-order valence-electron chi connectivity index (χ3n) is 4.83. The van der Waals surface area contributed by atoms with Gasteiger partial charge < -0.3 is 5.32 Å². The molecule has 0 spiro atoms. The van der Waals surface area contributed by atoms with E-state index in [2.05, 4.69) is 27.4 Å². The minimum absolute atomic E-state index is 0.000936. The van der Waals surface area contributed by atoms with Crippen LogP contribution in [0.1, 0.15) is 36.0 Å². The zero-order valence-electron chi connectivity index (χ0n) is 15.1. The summed E-state index contributed by atoms with van der Waals surface area (Å²) in [7, 11) is 1.84. The van der Waals surface area contributed by atoms with E-state index in [0.717, 1.165) is 41.4 Å². The van der Waals surface area contributed by atoms with Crippen LogP contribution in [0.5, 0.6) is 0 Å². The highest BCUT2D eigenvalue weighted by Crippen LogP contribution is 2.35. The van der Waals surface area contributed by atoms with Crippen LogP contribution in [0.25, 0.3) is 10.2 Å². The normalized spacial score (nSPS) is 18.3. The molecule has 0 aliphatic carbocycles. The van der Waals surface area contributed by atoms with Crippen LogP contribution in [0.3, 0.4) is 0 Å². The fourth-order valence-electron chi connectivity index (χ4n) is 3.59. The van der Waals surface area contributed by atoms with Crippen LogP contribution in [0.2, 0.25) is 0 Å². The van der Waals surface area contributed by atoms with Crippen LogP contribution in [0, 0.1) is 6.92 Å². The topological polar surface area (TPSA) is 63.1 Å². The average molecular weight is 369 g/mol. The molecule has 3 aromatic rings. The summed E-state index contributed by atoms with van der Waals surface area (Å²) in [4.78, 5) is 19.7. The van der Waals surface area contributed by atoms with E-state index < -0.39 is 0 Å². The number of rotatable bonds is 4. The molecule has 1 aliphatic rings. The maximum atomic E-state index is 12.6. The number of likely N-dealkylation sites (tertiary alicyclic amines) is 1. The molecule has 1 atom stereocenters. The summed E-state index contributed by atoms with van der Waals surface area (Å²) in [6.45, 7) is 3.23. The molecule has 1 aromatic carbocycles. The number of para-hydroxylation sites is 1. The number of aryl methyl sites for hydroxylation is 2. The van der Waals surface area contributed by atoms with Crippen LogP contribution in [0.4, 0.5) is 5.82 Å². The molecule has 1 unspecified atom stereocenters. The van der Waals surface area contributed by atoms with Gasteiger partial charge in [0.1, 0.15) is 10.8 Å². The van der Waals surface area contributed by atoms with Crippen molar-refractivity contribution < 1.29 is 4.79 Å². The first kappa shape index (κ1) is 17.2. The minimum atomic E-state index is 0.000936. The summed E-state index contributed by atoms with van der Waals surface area (Å²) in [6.07, 6.45) is 3.36. The van der Waals surface area contributed by atoms with E-state index in [0.29, 0.717) is 6.54 Å². The first-order chi connectivity index (χ1) is 12.6. The molecule has 1 N–H and O–H groups in total. The summed E-state index contributed by atoms with van der Waals surface area (Å²) in [5.41, 5.74) is 1.95. The van der Waals surface area contributed by atoms with Crippen molar-refractivity contribution in [3.8, 4) is 0 Å². The van der Waals surface area contributed by atoms with E-state index in [1.54, 1.807) is 16.0 Å².